The summed E-state index contributed by atoms with van der Waals surface area (Å²) in [7, 11) is 0. The molecule has 2 aromatic rings. The minimum atomic E-state index is -1.16. The lowest BCUT2D eigenvalue weighted by molar-refractivity contribution is -0.133. The summed E-state index contributed by atoms with van der Waals surface area (Å²) in [4.78, 5) is 35.0. The molecule has 12 heteroatoms. The first-order valence-corrected chi connectivity index (χ1v) is 11.3. The second kappa shape index (κ2) is 9.55. The Labute approximate surface area is 197 Å². The van der Waals surface area contributed by atoms with Crippen molar-refractivity contribution in [2.24, 2.45) is 10.7 Å². The van der Waals surface area contributed by atoms with E-state index >= 15 is 0 Å². The van der Waals surface area contributed by atoms with Crippen molar-refractivity contribution < 1.29 is 19.4 Å². The molecule has 4 N–H and O–H groups in total. The van der Waals surface area contributed by atoms with Crippen LogP contribution >= 0.6 is 34.5 Å². The van der Waals surface area contributed by atoms with Gasteiger partial charge in [0.15, 0.2) is 10.8 Å². The molecule has 168 valence electrons. The molecule has 32 heavy (non-hydrogen) atoms. The summed E-state index contributed by atoms with van der Waals surface area (Å²) >= 11 is 13.8. The number of amides is 1. The molecule has 0 radical (unpaired) electrons. The van der Waals surface area contributed by atoms with Crippen LogP contribution in [0, 0.1) is 0 Å². The summed E-state index contributed by atoms with van der Waals surface area (Å²) in [5, 5.41) is 16.4. The van der Waals surface area contributed by atoms with Gasteiger partial charge in [0.2, 0.25) is 5.91 Å². The van der Waals surface area contributed by atoms with Crippen LogP contribution in [0.5, 0.6) is 0 Å². The summed E-state index contributed by atoms with van der Waals surface area (Å²) < 4.78 is 5.38. The number of ether oxygens (including phenoxy) is 1. The highest BCUT2D eigenvalue weighted by molar-refractivity contribution is 7.11. The Hall–Kier alpha value is -2.50. The molecule has 1 fully saturated rings. The van der Waals surface area contributed by atoms with Crippen LogP contribution in [-0.4, -0.2) is 65.0 Å². The maximum atomic E-state index is 12.4. The number of carbonyl (C=O) groups is 2. The summed E-state index contributed by atoms with van der Waals surface area (Å²) in [5.74, 6) is -1.28. The number of thiazole rings is 1. The zero-order valence-electron chi connectivity index (χ0n) is 16.6. The monoisotopic (exact) mass is 495 g/mol. The van der Waals surface area contributed by atoms with E-state index in [9.17, 15) is 14.7 Å². The summed E-state index contributed by atoms with van der Waals surface area (Å²) in [6.45, 7) is 1.09. The molecular weight excluding hydrogens is 477 g/mol. The number of aliphatic carboxylic acids is 1. The zero-order chi connectivity index (χ0) is 22.8. The summed E-state index contributed by atoms with van der Waals surface area (Å²) in [5.41, 5.74) is 6.43. The molecule has 4 rings (SSSR count). The molecule has 3 heterocycles. The first-order valence-electron chi connectivity index (χ1n) is 9.62. The highest BCUT2D eigenvalue weighted by Gasteiger charge is 2.36. The Balaban J connectivity index is 1.80. The third-order valence-electron chi connectivity index (χ3n) is 5.18. The van der Waals surface area contributed by atoms with E-state index in [0.29, 0.717) is 45.3 Å². The number of benzene rings is 1. The standard InChI is InChI=1S/C20H19Cl2N5O4S/c21-10-1-2-11(12(22)7-10)16-15(20(29)30)13(25-18(26-16)19-24-3-6-32-19)8-27-4-5-31-9-14(27)17(23)28/h1-3,6-7,14,16H,4-5,8-9H2,(H2,23,28)(H,25,26)(H,29,30). The van der Waals surface area contributed by atoms with Crippen LogP contribution in [0.1, 0.15) is 16.6 Å². The smallest absolute Gasteiger partial charge is 0.335 e. The number of hydrogen-bond donors (Lipinski definition) is 3. The molecule has 2 aliphatic heterocycles. The van der Waals surface area contributed by atoms with Gasteiger partial charge in [-0.2, -0.15) is 0 Å². The third-order valence-corrected chi connectivity index (χ3v) is 6.52. The number of amidine groups is 1. The minimum Gasteiger partial charge on any atom is -0.478 e. The quantitative estimate of drug-likeness (QED) is 0.558. The number of halogens is 2. The Bertz CT molecular complexity index is 1110. The van der Waals surface area contributed by atoms with Gasteiger partial charge in [-0.25, -0.2) is 9.78 Å². The SMILES string of the molecule is NC(=O)C1COCCN1CC1=C(C(=O)O)C(c2ccc(Cl)cc2Cl)N=C(c2nccs2)N1. The molecule has 1 aromatic carbocycles. The normalized spacial score (nSPS) is 21.8. The van der Waals surface area contributed by atoms with Gasteiger partial charge in [0.1, 0.15) is 12.1 Å². The minimum absolute atomic E-state index is 0.0178. The number of carboxylic acids is 1. The van der Waals surface area contributed by atoms with E-state index in [1.54, 1.807) is 34.7 Å². The lowest BCUT2D eigenvalue weighted by Crippen LogP contribution is -2.54. The molecule has 2 atom stereocenters. The molecule has 0 bridgehead atoms. The van der Waals surface area contributed by atoms with Gasteiger partial charge in [-0.15, -0.1) is 11.3 Å². The maximum Gasteiger partial charge on any atom is 0.335 e. The molecular formula is C20H19Cl2N5O4S. The van der Waals surface area contributed by atoms with E-state index < -0.39 is 24.0 Å². The number of carbonyl (C=O) groups excluding carboxylic acids is 1. The number of carboxylic acid groups (broad SMARTS) is 1. The number of rotatable bonds is 6. The largest absolute Gasteiger partial charge is 0.478 e. The van der Waals surface area contributed by atoms with E-state index in [4.69, 9.17) is 33.7 Å². The van der Waals surface area contributed by atoms with Crippen molar-refractivity contribution in [1.82, 2.24) is 15.2 Å². The van der Waals surface area contributed by atoms with Crippen molar-refractivity contribution in [2.75, 3.05) is 26.3 Å². The molecule has 9 nitrogen and oxygen atoms in total. The van der Waals surface area contributed by atoms with Crippen LogP contribution < -0.4 is 11.1 Å². The lowest BCUT2D eigenvalue weighted by atomic mass is 9.95. The molecule has 1 saturated heterocycles. The van der Waals surface area contributed by atoms with Crippen LogP contribution in [0.15, 0.2) is 46.0 Å². The van der Waals surface area contributed by atoms with Crippen LogP contribution in [0.3, 0.4) is 0 Å². The molecule has 0 aliphatic carbocycles. The van der Waals surface area contributed by atoms with Crippen molar-refractivity contribution >= 4 is 52.3 Å². The van der Waals surface area contributed by atoms with Gasteiger partial charge in [0, 0.05) is 46.0 Å². The second-order valence-electron chi connectivity index (χ2n) is 7.17. The van der Waals surface area contributed by atoms with Gasteiger partial charge < -0.3 is 20.9 Å². The lowest BCUT2D eigenvalue weighted by Gasteiger charge is -2.36. The van der Waals surface area contributed by atoms with E-state index in [1.165, 1.54) is 11.3 Å². The zero-order valence-corrected chi connectivity index (χ0v) is 19.0. The fourth-order valence-electron chi connectivity index (χ4n) is 3.66. The number of primary amides is 1. The molecule has 2 aliphatic rings. The van der Waals surface area contributed by atoms with Crippen molar-refractivity contribution in [1.29, 1.82) is 0 Å². The predicted octanol–water partition coefficient (Wildman–Crippen LogP) is 2.07. The fourth-order valence-corrected chi connectivity index (χ4v) is 4.76. The maximum absolute atomic E-state index is 12.4. The average Bonchev–Trinajstić information content (AvgIpc) is 3.28. The molecule has 2 unspecified atom stereocenters. The number of nitrogens with one attached hydrogen (secondary N) is 1. The van der Waals surface area contributed by atoms with Gasteiger partial charge in [0.05, 0.1) is 18.8 Å². The van der Waals surface area contributed by atoms with Crippen LogP contribution in [0.2, 0.25) is 10.0 Å². The number of aromatic nitrogens is 1. The van der Waals surface area contributed by atoms with Gasteiger partial charge in [-0.05, 0) is 12.1 Å². The van der Waals surface area contributed by atoms with Gasteiger partial charge in [0.25, 0.3) is 0 Å². The van der Waals surface area contributed by atoms with Gasteiger partial charge in [-0.3, -0.25) is 14.7 Å². The van der Waals surface area contributed by atoms with Gasteiger partial charge >= 0.3 is 5.97 Å². The fraction of sp³-hybridized carbons (Fsp3) is 0.300. The van der Waals surface area contributed by atoms with Crippen molar-refractivity contribution in [3.8, 4) is 0 Å². The second-order valence-corrected chi connectivity index (χ2v) is 8.91. The van der Waals surface area contributed by atoms with E-state index in [2.05, 4.69) is 15.3 Å². The van der Waals surface area contributed by atoms with Crippen LogP contribution in [0.4, 0.5) is 0 Å². The van der Waals surface area contributed by atoms with Gasteiger partial charge in [-0.1, -0.05) is 29.3 Å². The van der Waals surface area contributed by atoms with Crippen molar-refractivity contribution in [2.45, 2.75) is 12.1 Å². The Morgan fingerprint density at radius 1 is 1.38 bits per heavy atom. The Kier molecular flexibility index (Phi) is 6.77. The average molecular weight is 496 g/mol. The van der Waals surface area contributed by atoms with Crippen molar-refractivity contribution in [3.63, 3.8) is 0 Å². The first kappa shape index (κ1) is 22.7. The first-order chi connectivity index (χ1) is 15.3. The number of nitrogens with two attached hydrogens (primary N) is 1. The third kappa shape index (κ3) is 4.64. The number of hydrogen-bond acceptors (Lipinski definition) is 8. The predicted molar refractivity (Wildman–Crippen MR) is 121 cm³/mol. The number of morpholine rings is 1. The number of nitrogens with zero attached hydrogens (tertiary/aromatic N) is 3. The Morgan fingerprint density at radius 2 is 2.19 bits per heavy atom. The molecule has 0 spiro atoms. The highest BCUT2D eigenvalue weighted by atomic mass is 35.5. The molecule has 0 saturated carbocycles. The van der Waals surface area contributed by atoms with Crippen LogP contribution in [-0.2, 0) is 14.3 Å². The molecule has 1 aromatic heterocycles. The molecule has 1 amide bonds. The Morgan fingerprint density at radius 3 is 2.84 bits per heavy atom. The summed E-state index contributed by atoms with van der Waals surface area (Å²) in [6.07, 6.45) is 1.63. The topological polar surface area (TPSA) is 130 Å². The van der Waals surface area contributed by atoms with Crippen molar-refractivity contribution in [3.05, 3.63) is 61.7 Å². The van der Waals surface area contributed by atoms with E-state index in [0.717, 1.165) is 0 Å². The number of aliphatic imine (C=N–C) groups is 1. The van der Waals surface area contributed by atoms with E-state index in [1.807, 2.05) is 0 Å². The highest BCUT2D eigenvalue weighted by Crippen LogP contribution is 2.37. The van der Waals surface area contributed by atoms with Crippen LogP contribution in [0.25, 0.3) is 0 Å². The summed E-state index contributed by atoms with van der Waals surface area (Å²) in [6, 6.07) is 3.26. The van der Waals surface area contributed by atoms with E-state index in [-0.39, 0.29) is 18.7 Å².